The zero-order valence-electron chi connectivity index (χ0n) is 12.2. The molecule has 0 aliphatic heterocycles. The molecule has 0 radical (unpaired) electrons. The molecule has 3 aromatic rings. The molecule has 0 aliphatic rings. The molecule has 5 N–H and O–H groups in total. The van der Waals surface area contributed by atoms with Gasteiger partial charge in [-0.05, 0) is 18.2 Å². The first-order valence-corrected chi connectivity index (χ1v) is 6.70. The molecule has 0 spiro atoms. The largest absolute Gasteiger partial charge is 0.388 e. The number of fused-ring (bicyclic) bond motifs is 1. The fourth-order valence-corrected chi connectivity index (χ4v) is 2.12. The number of imidazole rings is 1. The van der Waals surface area contributed by atoms with E-state index in [0.717, 1.165) is 5.69 Å². The third-order valence-corrected chi connectivity index (χ3v) is 3.23. The number of hydrazine groups is 1. The van der Waals surface area contributed by atoms with E-state index in [-0.39, 0.29) is 5.82 Å². The third-order valence-electron chi connectivity index (χ3n) is 3.23. The molecule has 9 heteroatoms. The quantitative estimate of drug-likeness (QED) is 0.333. The molecule has 0 fully saturated rings. The van der Waals surface area contributed by atoms with Gasteiger partial charge in [-0.2, -0.15) is 0 Å². The van der Waals surface area contributed by atoms with E-state index in [4.69, 9.17) is 5.84 Å². The van der Waals surface area contributed by atoms with Crippen LogP contribution in [0.5, 0.6) is 0 Å². The molecule has 0 saturated carbocycles. The van der Waals surface area contributed by atoms with Crippen LogP contribution in [0.25, 0.3) is 17.0 Å². The topological polar surface area (TPSA) is 109 Å². The number of anilines is 2. The number of nitrogens with zero attached hydrogens (tertiary/aromatic N) is 3. The molecule has 23 heavy (non-hydrogen) atoms. The van der Waals surface area contributed by atoms with E-state index >= 15 is 0 Å². The van der Waals surface area contributed by atoms with E-state index in [1.54, 1.807) is 36.0 Å². The average Bonchev–Trinajstić information content (AvgIpc) is 2.98. The second kappa shape index (κ2) is 5.89. The summed E-state index contributed by atoms with van der Waals surface area (Å²) in [7, 11) is 1.75. The predicted molar refractivity (Wildman–Crippen MR) is 84.3 cm³/mol. The number of rotatable bonds is 3. The normalized spacial score (nSPS) is 10.6. The Morgan fingerprint density at radius 3 is 2.87 bits per heavy atom. The zero-order chi connectivity index (χ0) is 16.4. The zero-order valence-corrected chi connectivity index (χ0v) is 12.2. The number of hydrogen-bond acceptors (Lipinski definition) is 5. The van der Waals surface area contributed by atoms with Crippen molar-refractivity contribution < 1.29 is 9.18 Å². The minimum Gasteiger partial charge on any atom is -0.388 e. The summed E-state index contributed by atoms with van der Waals surface area (Å²) in [4.78, 5) is 19.6. The van der Waals surface area contributed by atoms with Gasteiger partial charge in [0.1, 0.15) is 5.82 Å². The Kier molecular flexibility index (Phi) is 3.77. The van der Waals surface area contributed by atoms with Crippen LogP contribution in [0, 0.1) is 5.82 Å². The van der Waals surface area contributed by atoms with Gasteiger partial charge in [-0.1, -0.05) is 0 Å². The van der Waals surface area contributed by atoms with Crippen molar-refractivity contribution in [1.82, 2.24) is 19.8 Å². The van der Waals surface area contributed by atoms with Gasteiger partial charge in [0, 0.05) is 30.7 Å². The average molecular weight is 315 g/mol. The van der Waals surface area contributed by atoms with Crippen molar-refractivity contribution in [3.63, 3.8) is 0 Å². The van der Waals surface area contributed by atoms with Crippen molar-refractivity contribution in [2.45, 2.75) is 0 Å². The highest BCUT2D eigenvalue weighted by Gasteiger charge is 2.11. The molecule has 0 unspecified atom stereocenters. The van der Waals surface area contributed by atoms with Crippen molar-refractivity contribution in [1.29, 1.82) is 0 Å². The molecule has 2 heterocycles. The molecule has 0 bridgehead atoms. The molecular weight excluding hydrogens is 301 g/mol. The first-order valence-electron chi connectivity index (χ1n) is 6.70. The first-order chi connectivity index (χ1) is 11.1. The van der Waals surface area contributed by atoms with Gasteiger partial charge in [0.05, 0.1) is 17.6 Å². The molecule has 0 aliphatic carbocycles. The number of carbonyl (C=O) groups excluding carboxylic acids is 1. The smallest absolute Gasteiger partial charge is 0.333 e. The van der Waals surface area contributed by atoms with Gasteiger partial charge < -0.3 is 10.6 Å². The summed E-state index contributed by atoms with van der Waals surface area (Å²) in [5, 5.41) is 5.44. The highest BCUT2D eigenvalue weighted by molar-refractivity contribution is 5.88. The lowest BCUT2D eigenvalue weighted by Gasteiger charge is -2.03. The minimum atomic E-state index is -0.570. The number of hydrogen-bond donors (Lipinski definition) is 4. The summed E-state index contributed by atoms with van der Waals surface area (Å²) in [5.74, 6) is 5.01. The maximum Gasteiger partial charge on any atom is 0.333 e. The van der Waals surface area contributed by atoms with Crippen LogP contribution < -0.4 is 21.9 Å². The number of nitrogens with one attached hydrogen (secondary N) is 3. The van der Waals surface area contributed by atoms with Crippen LogP contribution in [0.15, 0.2) is 36.8 Å². The molecule has 0 saturated heterocycles. The Hall–Kier alpha value is -3.20. The second-order valence-electron chi connectivity index (χ2n) is 4.72. The fraction of sp³-hybridized carbons (Fsp3) is 0.0714. The lowest BCUT2D eigenvalue weighted by molar-refractivity contribution is 0.252. The minimum absolute atomic E-state index is 0.358. The lowest BCUT2D eigenvalue weighted by atomic mass is 10.1. The summed E-state index contributed by atoms with van der Waals surface area (Å²) >= 11 is 0. The van der Waals surface area contributed by atoms with Crippen LogP contribution in [0.1, 0.15) is 0 Å². The number of aromatic nitrogens is 3. The highest BCUT2D eigenvalue weighted by Crippen LogP contribution is 2.25. The maximum atomic E-state index is 14.0. The number of amides is 2. The van der Waals surface area contributed by atoms with Crippen molar-refractivity contribution in [2.24, 2.45) is 5.84 Å². The van der Waals surface area contributed by atoms with Crippen molar-refractivity contribution in [2.75, 3.05) is 17.7 Å². The number of nitrogens with two attached hydrogens (primary N) is 1. The van der Waals surface area contributed by atoms with Gasteiger partial charge >= 0.3 is 6.03 Å². The Morgan fingerprint density at radius 1 is 1.30 bits per heavy atom. The summed E-state index contributed by atoms with van der Waals surface area (Å²) < 4.78 is 15.6. The van der Waals surface area contributed by atoms with Crippen LogP contribution in [0.4, 0.5) is 20.6 Å². The first kappa shape index (κ1) is 14.7. The van der Waals surface area contributed by atoms with Crippen molar-refractivity contribution >= 4 is 23.2 Å². The van der Waals surface area contributed by atoms with E-state index in [1.807, 2.05) is 5.43 Å². The van der Waals surface area contributed by atoms with Crippen LogP contribution >= 0.6 is 0 Å². The van der Waals surface area contributed by atoms with Crippen molar-refractivity contribution in [3.05, 3.63) is 42.6 Å². The van der Waals surface area contributed by atoms with Crippen LogP contribution in [-0.4, -0.2) is 27.4 Å². The lowest BCUT2D eigenvalue weighted by Crippen LogP contribution is -2.34. The Balaban J connectivity index is 2.01. The van der Waals surface area contributed by atoms with Crippen LogP contribution in [0.3, 0.4) is 0 Å². The maximum absolute atomic E-state index is 14.0. The number of benzene rings is 1. The Labute approximate surface area is 130 Å². The standard InChI is InChI=1S/C14H14FN7O/c1-17-8-2-3-11(15)10(4-8)12-7-22-6-9(19-14(23)21-16)5-18-13(22)20-12/h2-7,17H,16H2,1H3,(H2,19,21,23). The van der Waals surface area contributed by atoms with Crippen molar-refractivity contribution in [3.8, 4) is 11.3 Å². The van der Waals surface area contributed by atoms with Gasteiger partial charge in [-0.3, -0.25) is 9.83 Å². The van der Waals surface area contributed by atoms with Crippen LogP contribution in [-0.2, 0) is 0 Å². The van der Waals surface area contributed by atoms with Gasteiger partial charge in [-0.15, -0.1) is 0 Å². The number of carbonyl (C=O) groups is 1. The molecule has 2 amide bonds. The third kappa shape index (κ3) is 2.90. The van der Waals surface area contributed by atoms with E-state index < -0.39 is 6.03 Å². The molecule has 1 aromatic carbocycles. The fourth-order valence-electron chi connectivity index (χ4n) is 2.12. The van der Waals surface area contributed by atoms with E-state index in [0.29, 0.717) is 22.7 Å². The molecule has 8 nitrogen and oxygen atoms in total. The predicted octanol–water partition coefficient (Wildman–Crippen LogP) is 1.57. The molecule has 2 aromatic heterocycles. The van der Waals surface area contributed by atoms with Gasteiger partial charge in [-0.25, -0.2) is 25.0 Å². The Morgan fingerprint density at radius 2 is 2.13 bits per heavy atom. The summed E-state index contributed by atoms with van der Waals surface area (Å²) in [6.45, 7) is 0. The van der Waals surface area contributed by atoms with E-state index in [1.165, 1.54) is 12.3 Å². The molecule has 3 rings (SSSR count). The Bertz CT molecular complexity index is 877. The number of halogens is 1. The molecular formula is C14H14FN7O. The van der Waals surface area contributed by atoms with Gasteiger partial charge in [0.25, 0.3) is 0 Å². The molecule has 0 atom stereocenters. The van der Waals surface area contributed by atoms with Crippen LogP contribution in [0.2, 0.25) is 0 Å². The second-order valence-corrected chi connectivity index (χ2v) is 4.72. The number of urea groups is 1. The SMILES string of the molecule is CNc1ccc(F)c(-c2cn3cc(NC(=O)NN)cnc3n2)c1. The monoisotopic (exact) mass is 315 g/mol. The summed E-state index contributed by atoms with van der Waals surface area (Å²) in [6.07, 6.45) is 4.67. The van der Waals surface area contributed by atoms with E-state index in [9.17, 15) is 9.18 Å². The summed E-state index contributed by atoms with van der Waals surface area (Å²) in [6, 6.07) is 4.11. The molecule has 118 valence electrons. The highest BCUT2D eigenvalue weighted by atomic mass is 19.1. The van der Waals surface area contributed by atoms with E-state index in [2.05, 4.69) is 20.6 Å². The summed E-state index contributed by atoms with van der Waals surface area (Å²) in [5.41, 5.74) is 3.95. The van der Waals surface area contributed by atoms with Gasteiger partial charge in [0.2, 0.25) is 5.78 Å². The van der Waals surface area contributed by atoms with Gasteiger partial charge in [0.15, 0.2) is 0 Å².